The van der Waals surface area contributed by atoms with E-state index in [1.807, 2.05) is 36.7 Å². The Hall–Kier alpha value is -6.35. The molecule has 0 fully saturated rings. The van der Waals surface area contributed by atoms with Crippen LogP contribution in [0.2, 0.25) is 5.02 Å². The fourth-order valence-corrected chi connectivity index (χ4v) is 16.5. The number of aryl methyl sites for hydroxylation is 2. The van der Waals surface area contributed by atoms with Gasteiger partial charge in [0.1, 0.15) is 0 Å². The fraction of sp³-hybridized carbons (Fsp3) is 0.179. The Kier molecular flexibility index (Phi) is 18.5. The lowest BCUT2D eigenvalue weighted by atomic mass is 9.83. The average Bonchev–Trinajstić information content (AvgIpc) is 4.40. The number of nitrogens with zero attached hydrogens (tertiary/aromatic N) is 6. The van der Waals surface area contributed by atoms with E-state index in [-0.39, 0.29) is 35.9 Å². The Morgan fingerprint density at radius 1 is 0.512 bits per heavy atom. The Morgan fingerprint density at radius 3 is 1.35 bits per heavy atom. The summed E-state index contributed by atoms with van der Waals surface area (Å²) in [6, 6.07) is 33.4. The first kappa shape index (κ1) is 59.8. The molecule has 24 heteroatoms. The zero-order chi connectivity index (χ0) is 57.7. The number of hydrogen-bond acceptors (Lipinski definition) is 14. The van der Waals surface area contributed by atoms with Gasteiger partial charge in [-0.1, -0.05) is 117 Å². The van der Waals surface area contributed by atoms with Gasteiger partial charge in [-0.2, -0.15) is 31.3 Å². The summed E-state index contributed by atoms with van der Waals surface area (Å²) in [7, 11) is -17.0. The zero-order valence-electron chi connectivity index (χ0n) is 44.2. The van der Waals surface area contributed by atoms with Crippen molar-refractivity contribution in [1.29, 1.82) is 0 Å². The van der Waals surface area contributed by atoms with Crippen LogP contribution in [0, 0.1) is 13.8 Å². The predicted octanol–water partition coefficient (Wildman–Crippen LogP) is 10.4. The SMILES string of the molecule is CCN(CC)S(=O)(=O)c1ccccc1-c1cn(S(=O)(=O)c2ccc(C)cc2)c2nccc(-c3ccsc3)c12.CCN(CC)S(=O)(=O)c1ccccc1-c1cn(S(=O)(=O)c2ccc(C)cc2)c2nccc(Cl)c12.OB(O)c1ccsc1. The van der Waals surface area contributed by atoms with E-state index in [1.165, 1.54) is 72.0 Å². The van der Waals surface area contributed by atoms with Crippen LogP contribution in [0.25, 0.3) is 55.4 Å². The number of fused-ring (bicyclic) bond motifs is 2. The van der Waals surface area contributed by atoms with E-state index in [4.69, 9.17) is 21.6 Å². The maximum absolute atomic E-state index is 13.9. The van der Waals surface area contributed by atoms with Gasteiger partial charge in [-0.3, -0.25) is 0 Å². The van der Waals surface area contributed by atoms with Crippen LogP contribution in [0.5, 0.6) is 0 Å². The first-order valence-corrected chi connectivity index (χ1v) is 33.1. The van der Waals surface area contributed by atoms with Gasteiger partial charge in [-0.05, 0) is 107 Å². The van der Waals surface area contributed by atoms with Gasteiger partial charge in [0.25, 0.3) is 20.0 Å². The smallest absolute Gasteiger partial charge is 0.423 e. The topological polar surface area (TPSA) is 219 Å². The molecule has 0 amide bonds. The molecule has 0 unspecified atom stereocenters. The van der Waals surface area contributed by atoms with E-state index in [2.05, 4.69) is 9.97 Å². The number of halogens is 1. The van der Waals surface area contributed by atoms with Crippen LogP contribution in [0.1, 0.15) is 38.8 Å². The zero-order valence-corrected chi connectivity index (χ0v) is 49.9. The van der Waals surface area contributed by atoms with Crippen LogP contribution < -0.4 is 5.46 Å². The second-order valence-electron chi connectivity index (χ2n) is 18.0. The number of hydrogen-bond donors (Lipinski definition) is 2. The molecule has 0 aliphatic carbocycles. The molecular formula is C56H56BClN6O10S6. The van der Waals surface area contributed by atoms with E-state index in [0.29, 0.717) is 64.7 Å². The number of thiophene rings is 2. The van der Waals surface area contributed by atoms with E-state index in [9.17, 15) is 33.7 Å². The van der Waals surface area contributed by atoms with Gasteiger partial charge in [0, 0.05) is 84.0 Å². The second-order valence-corrected chi connectivity index (χ2v) is 27.4. The molecule has 10 aromatic rings. The normalized spacial score (nSPS) is 12.1. The first-order chi connectivity index (χ1) is 38.1. The van der Waals surface area contributed by atoms with E-state index in [1.54, 1.807) is 136 Å². The van der Waals surface area contributed by atoms with E-state index >= 15 is 0 Å². The molecule has 10 rings (SSSR count). The molecule has 0 saturated carbocycles. The molecule has 0 radical (unpaired) electrons. The average molecular weight is 1210 g/mol. The molecule has 80 heavy (non-hydrogen) atoms. The number of rotatable bonds is 16. The maximum Gasteiger partial charge on any atom is 0.489 e. The van der Waals surface area contributed by atoms with Crippen molar-refractivity contribution in [3.05, 3.63) is 184 Å². The summed E-state index contributed by atoms with van der Waals surface area (Å²) in [4.78, 5) is 9.20. The van der Waals surface area contributed by atoms with Crippen molar-refractivity contribution < 1.29 is 43.7 Å². The van der Waals surface area contributed by atoms with Crippen molar-refractivity contribution in [2.45, 2.75) is 61.1 Å². The van der Waals surface area contributed by atoms with Crippen LogP contribution in [0.3, 0.4) is 0 Å². The molecule has 0 saturated heterocycles. The molecule has 0 aliphatic heterocycles. The number of aromatic nitrogens is 4. The van der Waals surface area contributed by atoms with Crippen LogP contribution >= 0.6 is 34.3 Å². The van der Waals surface area contributed by atoms with Crippen molar-refractivity contribution in [2.24, 2.45) is 0 Å². The minimum atomic E-state index is -4.03. The molecule has 2 N–H and O–H groups in total. The molecule has 16 nitrogen and oxygen atoms in total. The molecule has 6 aromatic heterocycles. The number of pyridine rings is 2. The molecule has 4 aromatic carbocycles. The van der Waals surface area contributed by atoms with E-state index < -0.39 is 47.2 Å². The highest BCUT2D eigenvalue weighted by atomic mass is 35.5. The molecular weight excluding hydrogens is 1160 g/mol. The Labute approximate surface area is 480 Å². The van der Waals surface area contributed by atoms with E-state index in [0.717, 1.165) is 26.2 Å². The third-order valence-corrected chi connectivity index (χ3v) is 22.3. The van der Waals surface area contributed by atoms with Gasteiger partial charge in [-0.15, -0.1) is 0 Å². The molecule has 0 atom stereocenters. The highest BCUT2D eigenvalue weighted by Gasteiger charge is 2.32. The summed E-state index contributed by atoms with van der Waals surface area (Å²) < 4.78 is 114. The lowest BCUT2D eigenvalue weighted by Crippen LogP contribution is -2.30. The van der Waals surface area contributed by atoms with Gasteiger partial charge in [0.15, 0.2) is 11.3 Å². The lowest BCUT2D eigenvalue weighted by molar-refractivity contribution is 0.426. The molecule has 416 valence electrons. The predicted molar refractivity (Wildman–Crippen MR) is 321 cm³/mol. The molecule has 6 heterocycles. The molecule has 0 bridgehead atoms. The third-order valence-electron chi connectivity index (χ3n) is 13.1. The summed E-state index contributed by atoms with van der Waals surface area (Å²) in [6.45, 7) is 12.1. The van der Waals surface area contributed by atoms with Crippen LogP contribution in [0.15, 0.2) is 187 Å². The highest BCUT2D eigenvalue weighted by Crippen LogP contribution is 2.43. The van der Waals surface area contributed by atoms with Gasteiger partial charge < -0.3 is 10.0 Å². The minimum absolute atomic E-state index is 0.0744. The number of benzene rings is 4. The highest BCUT2D eigenvalue weighted by molar-refractivity contribution is 7.90. The van der Waals surface area contributed by atoms with Gasteiger partial charge in [0.05, 0.1) is 24.6 Å². The Bertz CT molecular complexity index is 4260. The van der Waals surface area contributed by atoms with Crippen molar-refractivity contribution >= 4 is 109 Å². The third kappa shape index (κ3) is 11.9. The van der Waals surface area contributed by atoms with Gasteiger partial charge in [-0.25, -0.2) is 51.6 Å². The van der Waals surface area contributed by atoms with Crippen LogP contribution in [0.4, 0.5) is 0 Å². The monoisotopic (exact) mass is 1210 g/mol. The quantitative estimate of drug-likeness (QED) is 0.0864. The standard InChI is InChI=1S/C28H27N3O4S3.C24H24ClN3O4S2.C4H5BO2S/c1-4-30(5-2)38(34,35)26-9-7-6-8-24(26)25-18-31(37(32,33)22-12-10-20(3)11-13-22)28-27(25)23(14-16-29-28)21-15-17-36-19-21;1-4-27(5-2)34(31,32)22-9-7-6-8-19(22)20-16-28(24-23(20)21(25)14-15-26-24)33(29,30)18-12-10-17(3)11-13-18;6-5(7)4-1-2-8-3-4/h6-19H,4-5H2,1-3H3;6-16H,4-5H2,1-3H3;1-3,6-7H. The summed E-state index contributed by atoms with van der Waals surface area (Å²) in [5.74, 6) is 0. The minimum Gasteiger partial charge on any atom is -0.423 e. The van der Waals surface area contributed by atoms with Crippen molar-refractivity contribution in [1.82, 2.24) is 26.5 Å². The van der Waals surface area contributed by atoms with Gasteiger partial charge >= 0.3 is 7.12 Å². The number of sulfonamides is 2. The van der Waals surface area contributed by atoms with Crippen molar-refractivity contribution in [3.8, 4) is 33.4 Å². The summed E-state index contributed by atoms with van der Waals surface area (Å²) in [5.41, 5.74) is 6.10. The maximum atomic E-state index is 13.9. The second kappa shape index (κ2) is 24.8. The molecule has 0 spiro atoms. The summed E-state index contributed by atoms with van der Waals surface area (Å²) >= 11 is 9.49. The van der Waals surface area contributed by atoms with Gasteiger partial charge in [0.2, 0.25) is 20.0 Å². The van der Waals surface area contributed by atoms with Crippen LogP contribution in [-0.4, -0.2) is 104 Å². The Balaban J connectivity index is 0.000000185. The Morgan fingerprint density at radius 2 is 0.938 bits per heavy atom. The van der Waals surface area contributed by atoms with Crippen molar-refractivity contribution in [2.75, 3.05) is 26.2 Å². The summed E-state index contributed by atoms with van der Waals surface area (Å²) in [5, 5.41) is 25.6. The lowest BCUT2D eigenvalue weighted by Gasteiger charge is -2.20. The molecule has 0 aliphatic rings. The van der Waals surface area contributed by atoms with Crippen molar-refractivity contribution in [3.63, 3.8) is 0 Å². The summed E-state index contributed by atoms with van der Waals surface area (Å²) in [6.07, 6.45) is 5.90. The fourth-order valence-electron chi connectivity index (χ4n) is 8.95. The first-order valence-electron chi connectivity index (χ1n) is 25.0. The van der Waals surface area contributed by atoms with Crippen LogP contribution in [-0.2, 0) is 40.1 Å². The largest absolute Gasteiger partial charge is 0.489 e.